The molecule has 0 radical (unpaired) electrons. The normalized spacial score (nSPS) is 20.5. The first kappa shape index (κ1) is 15.3. The lowest BCUT2D eigenvalue weighted by molar-refractivity contribution is -0.134. The molecule has 0 atom stereocenters. The van der Waals surface area contributed by atoms with Crippen LogP contribution in [-0.4, -0.2) is 42.1 Å². The van der Waals surface area contributed by atoms with Crippen molar-refractivity contribution < 1.29 is 14.3 Å². The number of hydrogen-bond acceptors (Lipinski definition) is 3. The Bertz CT molecular complexity index is 567. The van der Waals surface area contributed by atoms with Gasteiger partial charge in [0.1, 0.15) is 5.54 Å². The summed E-state index contributed by atoms with van der Waals surface area (Å²) >= 11 is 5.85. The van der Waals surface area contributed by atoms with Gasteiger partial charge in [0.05, 0.1) is 0 Å². The second kappa shape index (κ2) is 6.26. The lowest BCUT2D eigenvalue weighted by Crippen LogP contribution is -2.51. The fraction of sp³-hybridized carbons (Fsp3) is 0.500. The van der Waals surface area contributed by atoms with Crippen LogP contribution in [0.25, 0.3) is 0 Å². The summed E-state index contributed by atoms with van der Waals surface area (Å²) in [7, 11) is 0. The molecule has 5 nitrogen and oxygen atoms in total. The van der Waals surface area contributed by atoms with Gasteiger partial charge in [0.2, 0.25) is 0 Å². The van der Waals surface area contributed by atoms with Crippen molar-refractivity contribution in [2.45, 2.75) is 31.2 Å². The van der Waals surface area contributed by atoms with Gasteiger partial charge < -0.3 is 10.1 Å². The molecule has 2 saturated heterocycles. The largest absolute Gasteiger partial charge is 0.381 e. The second-order valence-corrected chi connectivity index (χ2v) is 6.25. The molecule has 1 N–H and O–H groups in total. The number of amides is 3. The van der Waals surface area contributed by atoms with E-state index in [-0.39, 0.29) is 11.9 Å². The zero-order valence-corrected chi connectivity index (χ0v) is 13.1. The van der Waals surface area contributed by atoms with Crippen LogP contribution in [0.4, 0.5) is 4.79 Å². The van der Waals surface area contributed by atoms with Crippen molar-refractivity contribution in [3.63, 3.8) is 0 Å². The van der Waals surface area contributed by atoms with Gasteiger partial charge in [0.25, 0.3) is 5.91 Å². The number of aryl methyl sites for hydroxylation is 1. The lowest BCUT2D eigenvalue weighted by Gasteiger charge is -2.30. The predicted molar refractivity (Wildman–Crippen MR) is 82.8 cm³/mol. The maximum Gasteiger partial charge on any atom is 0.325 e. The minimum atomic E-state index is -0.727. The Morgan fingerprint density at radius 2 is 1.86 bits per heavy atom. The predicted octanol–water partition coefficient (Wildman–Crippen LogP) is 2.37. The number of carbonyl (C=O) groups excluding carboxylic acids is 2. The van der Waals surface area contributed by atoms with Crippen LogP contribution in [0.5, 0.6) is 0 Å². The zero-order chi connectivity index (χ0) is 15.6. The van der Waals surface area contributed by atoms with Gasteiger partial charge in [-0.05, 0) is 30.5 Å². The van der Waals surface area contributed by atoms with E-state index in [1.54, 1.807) is 0 Å². The van der Waals surface area contributed by atoms with E-state index in [9.17, 15) is 9.59 Å². The molecule has 1 aromatic carbocycles. The smallest absolute Gasteiger partial charge is 0.325 e. The molecule has 2 fully saturated rings. The van der Waals surface area contributed by atoms with Gasteiger partial charge in [-0.25, -0.2) is 4.79 Å². The average Bonchev–Trinajstić information content (AvgIpc) is 2.74. The van der Waals surface area contributed by atoms with E-state index in [1.807, 2.05) is 24.3 Å². The standard InChI is InChI=1S/C16H19ClN2O3/c17-13-5-3-12(4-6-13)2-1-9-19-14(20)16(18-15(19)21)7-10-22-11-8-16/h3-6H,1-2,7-11H2,(H,18,21). The van der Waals surface area contributed by atoms with Crippen LogP contribution in [0, 0.1) is 0 Å². The highest BCUT2D eigenvalue weighted by molar-refractivity contribution is 6.30. The van der Waals surface area contributed by atoms with E-state index in [2.05, 4.69) is 5.32 Å². The van der Waals surface area contributed by atoms with Gasteiger partial charge in [0.15, 0.2) is 0 Å². The molecule has 2 heterocycles. The van der Waals surface area contributed by atoms with Crippen LogP contribution in [0.2, 0.25) is 5.02 Å². The van der Waals surface area contributed by atoms with E-state index in [0.29, 0.717) is 37.6 Å². The number of nitrogens with one attached hydrogen (secondary N) is 1. The van der Waals surface area contributed by atoms with Crippen molar-refractivity contribution in [1.82, 2.24) is 10.2 Å². The first-order valence-corrected chi connectivity index (χ1v) is 7.95. The van der Waals surface area contributed by atoms with Gasteiger partial charge in [-0.1, -0.05) is 23.7 Å². The SMILES string of the molecule is O=C1NC2(CCOCC2)C(=O)N1CCCc1ccc(Cl)cc1. The highest BCUT2D eigenvalue weighted by atomic mass is 35.5. The summed E-state index contributed by atoms with van der Waals surface area (Å²) in [6.45, 7) is 1.48. The summed E-state index contributed by atoms with van der Waals surface area (Å²) in [6.07, 6.45) is 2.67. The number of hydrogen-bond donors (Lipinski definition) is 1. The van der Waals surface area contributed by atoms with Crippen LogP contribution >= 0.6 is 11.6 Å². The summed E-state index contributed by atoms with van der Waals surface area (Å²) < 4.78 is 5.29. The molecular formula is C16H19ClN2O3. The molecule has 1 aromatic rings. The monoisotopic (exact) mass is 322 g/mol. The lowest BCUT2D eigenvalue weighted by atomic mass is 9.90. The van der Waals surface area contributed by atoms with Crippen molar-refractivity contribution in [2.75, 3.05) is 19.8 Å². The molecule has 2 aliphatic heterocycles. The molecule has 3 rings (SSSR count). The van der Waals surface area contributed by atoms with Gasteiger partial charge in [-0.3, -0.25) is 9.69 Å². The van der Waals surface area contributed by atoms with Crippen molar-refractivity contribution >= 4 is 23.5 Å². The first-order valence-electron chi connectivity index (χ1n) is 7.57. The molecule has 3 amide bonds. The molecule has 0 saturated carbocycles. The minimum Gasteiger partial charge on any atom is -0.381 e. The highest BCUT2D eigenvalue weighted by Gasteiger charge is 2.51. The number of benzene rings is 1. The summed E-state index contributed by atoms with van der Waals surface area (Å²) in [6, 6.07) is 7.36. The Morgan fingerprint density at radius 3 is 2.55 bits per heavy atom. The van der Waals surface area contributed by atoms with E-state index in [0.717, 1.165) is 18.4 Å². The molecule has 0 aromatic heterocycles. The van der Waals surface area contributed by atoms with E-state index in [4.69, 9.17) is 16.3 Å². The Labute approximate surface area is 134 Å². The Hall–Kier alpha value is -1.59. The summed E-state index contributed by atoms with van der Waals surface area (Å²) in [5.74, 6) is -0.100. The van der Waals surface area contributed by atoms with Crippen molar-refractivity contribution in [3.05, 3.63) is 34.9 Å². The fourth-order valence-corrected chi connectivity index (χ4v) is 3.16. The van der Waals surface area contributed by atoms with Crippen LogP contribution < -0.4 is 5.32 Å². The molecule has 1 spiro atoms. The molecule has 0 unspecified atom stereocenters. The van der Waals surface area contributed by atoms with Gasteiger partial charge >= 0.3 is 6.03 Å². The third kappa shape index (κ3) is 2.96. The maximum atomic E-state index is 12.5. The topological polar surface area (TPSA) is 58.6 Å². The van der Waals surface area contributed by atoms with Crippen molar-refractivity contribution in [2.24, 2.45) is 0 Å². The quantitative estimate of drug-likeness (QED) is 0.866. The van der Waals surface area contributed by atoms with Gasteiger partial charge in [0, 0.05) is 37.6 Å². The highest BCUT2D eigenvalue weighted by Crippen LogP contribution is 2.28. The number of carbonyl (C=O) groups is 2. The summed E-state index contributed by atoms with van der Waals surface area (Å²) in [4.78, 5) is 26.0. The van der Waals surface area contributed by atoms with E-state index in [1.165, 1.54) is 4.90 Å². The number of halogens is 1. The molecule has 0 aliphatic carbocycles. The Morgan fingerprint density at radius 1 is 1.18 bits per heavy atom. The fourth-order valence-electron chi connectivity index (χ4n) is 3.03. The third-order valence-corrected chi connectivity index (χ3v) is 4.60. The maximum absolute atomic E-state index is 12.5. The number of imide groups is 1. The van der Waals surface area contributed by atoms with Crippen LogP contribution in [-0.2, 0) is 16.0 Å². The molecule has 0 bridgehead atoms. The molecule has 22 heavy (non-hydrogen) atoms. The summed E-state index contributed by atoms with van der Waals surface area (Å²) in [5.41, 5.74) is 0.424. The number of nitrogens with zero attached hydrogens (tertiary/aromatic N) is 1. The van der Waals surface area contributed by atoms with Crippen LogP contribution in [0.3, 0.4) is 0 Å². The molecule has 2 aliphatic rings. The van der Waals surface area contributed by atoms with Crippen molar-refractivity contribution in [1.29, 1.82) is 0 Å². The van der Waals surface area contributed by atoms with Crippen molar-refractivity contribution in [3.8, 4) is 0 Å². The molecule has 118 valence electrons. The van der Waals surface area contributed by atoms with Crippen LogP contribution in [0.1, 0.15) is 24.8 Å². The number of ether oxygens (including phenoxy) is 1. The summed E-state index contributed by atoms with van der Waals surface area (Å²) in [5, 5.41) is 3.57. The van der Waals surface area contributed by atoms with Gasteiger partial charge in [-0.15, -0.1) is 0 Å². The minimum absolute atomic E-state index is 0.100. The van der Waals surface area contributed by atoms with E-state index < -0.39 is 5.54 Å². The van der Waals surface area contributed by atoms with Gasteiger partial charge in [-0.2, -0.15) is 0 Å². The van der Waals surface area contributed by atoms with E-state index >= 15 is 0 Å². The zero-order valence-electron chi connectivity index (χ0n) is 12.3. The third-order valence-electron chi connectivity index (χ3n) is 4.35. The molecule has 6 heteroatoms. The Kier molecular flexibility index (Phi) is 4.36. The molecular weight excluding hydrogens is 304 g/mol. The number of rotatable bonds is 4. The Balaban J connectivity index is 1.57. The average molecular weight is 323 g/mol. The van der Waals surface area contributed by atoms with Crippen LogP contribution in [0.15, 0.2) is 24.3 Å². The first-order chi connectivity index (χ1) is 10.6. The number of urea groups is 1. The second-order valence-electron chi connectivity index (χ2n) is 5.81.